The van der Waals surface area contributed by atoms with Gasteiger partial charge in [-0.15, -0.1) is 0 Å². The van der Waals surface area contributed by atoms with Gasteiger partial charge in [0.2, 0.25) is 0 Å². The summed E-state index contributed by atoms with van der Waals surface area (Å²) in [5, 5.41) is 5.94. The fourth-order valence-electron chi connectivity index (χ4n) is 5.31. The van der Waals surface area contributed by atoms with Gasteiger partial charge in [-0.2, -0.15) is 0 Å². The summed E-state index contributed by atoms with van der Waals surface area (Å²) in [6, 6.07) is 30.9. The average molecular weight is 631 g/mol. The van der Waals surface area contributed by atoms with Crippen LogP contribution in [0.3, 0.4) is 0 Å². The highest BCUT2D eigenvalue weighted by Crippen LogP contribution is 2.34. The van der Waals surface area contributed by atoms with Crippen LogP contribution in [0.2, 0.25) is 0 Å². The number of amides is 2. The van der Waals surface area contributed by atoms with E-state index in [1.165, 1.54) is 0 Å². The van der Waals surface area contributed by atoms with Crippen molar-refractivity contribution in [2.45, 2.75) is 71.9 Å². The molecule has 244 valence electrons. The van der Waals surface area contributed by atoms with Crippen molar-refractivity contribution >= 4 is 23.3 Å². The van der Waals surface area contributed by atoms with E-state index in [9.17, 15) is 9.59 Å². The maximum Gasteiger partial charge on any atom is 0.413 e. The number of carbonyl (C=O) groups excluding carboxylic acids is 2. The summed E-state index contributed by atoms with van der Waals surface area (Å²) >= 11 is 0. The smallest absolute Gasteiger partial charge is 0.410 e. The maximum atomic E-state index is 12.8. The van der Waals surface area contributed by atoms with Crippen LogP contribution < -0.4 is 20.1 Å². The molecule has 0 bridgehead atoms. The van der Waals surface area contributed by atoms with Gasteiger partial charge in [-0.25, -0.2) is 9.59 Å². The van der Waals surface area contributed by atoms with Crippen molar-refractivity contribution in [1.29, 1.82) is 0 Å². The highest BCUT2D eigenvalue weighted by molar-refractivity contribution is 5.73. The Morgan fingerprint density at radius 3 is 1.19 bits per heavy atom. The van der Waals surface area contributed by atoms with Gasteiger partial charge >= 0.3 is 12.2 Å². The highest BCUT2D eigenvalue weighted by atomic mass is 16.6. The third-order valence-corrected chi connectivity index (χ3v) is 8.56. The van der Waals surface area contributed by atoms with Crippen molar-refractivity contribution in [2.24, 2.45) is 0 Å². The standard InChI is InChI=1S/C41H46N2O4/c1-27(2)29-13-11-15-33(25-29)40(7,8)42-37(44)46-35-21-17-31(18-22-35)39(5,6)32-19-23-36(24-20-32)47-38(45)43-41(9,10)34-16-12-14-30(26-34)28(3)4/h11-26H,1,3H2,2,4-10H3,(H,42,44)(H,43,45). The predicted octanol–water partition coefficient (Wildman–Crippen LogP) is 10.1. The molecule has 0 aliphatic heterocycles. The van der Waals surface area contributed by atoms with Crippen LogP contribution in [0.25, 0.3) is 11.1 Å². The van der Waals surface area contributed by atoms with Gasteiger partial charge in [0.05, 0.1) is 11.1 Å². The molecule has 6 nitrogen and oxygen atoms in total. The molecule has 0 radical (unpaired) electrons. The van der Waals surface area contributed by atoms with E-state index in [4.69, 9.17) is 9.47 Å². The molecular formula is C41H46N2O4. The Morgan fingerprint density at radius 1 is 0.532 bits per heavy atom. The minimum Gasteiger partial charge on any atom is -0.410 e. The molecule has 0 aliphatic carbocycles. The number of hydrogen-bond donors (Lipinski definition) is 2. The lowest BCUT2D eigenvalue weighted by molar-refractivity contribution is 0.187. The molecule has 0 heterocycles. The molecule has 0 aliphatic rings. The van der Waals surface area contributed by atoms with Gasteiger partial charge in [0, 0.05) is 5.41 Å². The number of carbonyl (C=O) groups is 2. The fraction of sp³-hybridized carbons (Fsp3) is 0.268. The van der Waals surface area contributed by atoms with Crippen LogP contribution in [-0.2, 0) is 16.5 Å². The van der Waals surface area contributed by atoms with Gasteiger partial charge in [0.1, 0.15) is 11.5 Å². The lowest BCUT2D eigenvalue weighted by atomic mass is 9.78. The summed E-state index contributed by atoms with van der Waals surface area (Å²) in [4.78, 5) is 25.6. The monoisotopic (exact) mass is 630 g/mol. The fourth-order valence-corrected chi connectivity index (χ4v) is 5.31. The zero-order valence-electron chi connectivity index (χ0n) is 28.8. The summed E-state index contributed by atoms with van der Waals surface area (Å²) < 4.78 is 11.3. The Morgan fingerprint density at radius 2 is 0.872 bits per heavy atom. The van der Waals surface area contributed by atoms with E-state index >= 15 is 0 Å². The molecule has 0 aromatic heterocycles. The minimum absolute atomic E-state index is 0.367. The second-order valence-electron chi connectivity index (χ2n) is 13.7. The summed E-state index contributed by atoms with van der Waals surface area (Å²) in [6.07, 6.45) is -1.07. The van der Waals surface area contributed by atoms with Crippen LogP contribution in [0.15, 0.2) is 110 Å². The van der Waals surface area contributed by atoms with Crippen molar-refractivity contribution < 1.29 is 19.1 Å². The molecule has 4 aromatic carbocycles. The van der Waals surface area contributed by atoms with Gasteiger partial charge in [0.15, 0.2) is 0 Å². The van der Waals surface area contributed by atoms with E-state index in [1.54, 1.807) is 24.3 Å². The van der Waals surface area contributed by atoms with Crippen molar-refractivity contribution in [3.05, 3.63) is 144 Å². The Hall–Kier alpha value is -5.10. The first-order chi connectivity index (χ1) is 22.0. The molecule has 0 fully saturated rings. The zero-order chi connectivity index (χ0) is 34.6. The summed E-state index contributed by atoms with van der Waals surface area (Å²) in [7, 11) is 0. The van der Waals surface area contributed by atoms with Gasteiger partial charge in [-0.3, -0.25) is 0 Å². The first kappa shape index (κ1) is 34.8. The van der Waals surface area contributed by atoms with Crippen molar-refractivity contribution in [2.75, 3.05) is 0 Å². The molecule has 0 unspecified atom stereocenters. The molecule has 0 saturated heterocycles. The minimum atomic E-state index is -0.645. The van der Waals surface area contributed by atoms with E-state index < -0.39 is 23.3 Å². The molecule has 2 amide bonds. The number of nitrogens with one attached hydrogen (secondary N) is 2. The second-order valence-corrected chi connectivity index (χ2v) is 13.7. The van der Waals surface area contributed by atoms with Gasteiger partial charge in [0.25, 0.3) is 0 Å². The first-order valence-corrected chi connectivity index (χ1v) is 15.7. The zero-order valence-corrected chi connectivity index (χ0v) is 28.8. The van der Waals surface area contributed by atoms with Crippen LogP contribution in [0.4, 0.5) is 9.59 Å². The van der Waals surface area contributed by atoms with E-state index in [0.29, 0.717) is 11.5 Å². The highest BCUT2D eigenvalue weighted by Gasteiger charge is 2.27. The lowest BCUT2D eigenvalue weighted by Gasteiger charge is -2.28. The van der Waals surface area contributed by atoms with Crippen molar-refractivity contribution in [1.82, 2.24) is 10.6 Å². The van der Waals surface area contributed by atoms with Crippen LogP contribution >= 0.6 is 0 Å². The summed E-state index contributed by atoms with van der Waals surface area (Å²) in [6.45, 7) is 23.9. The first-order valence-electron chi connectivity index (χ1n) is 15.7. The van der Waals surface area contributed by atoms with Crippen LogP contribution in [0.1, 0.15) is 88.8 Å². The lowest BCUT2D eigenvalue weighted by Crippen LogP contribution is -2.42. The Labute approximate surface area is 279 Å². The SMILES string of the molecule is C=C(C)c1cccc(C(C)(C)NC(=O)Oc2ccc(C(C)(C)c3ccc(OC(=O)NC(C)(C)c4cccc(C(=C)C)c4)cc3)cc2)c1. The van der Waals surface area contributed by atoms with E-state index in [1.807, 2.05) is 114 Å². The van der Waals surface area contributed by atoms with E-state index in [0.717, 1.165) is 44.5 Å². The Balaban J connectivity index is 1.37. The van der Waals surface area contributed by atoms with E-state index in [-0.39, 0.29) is 5.41 Å². The molecule has 0 spiro atoms. The molecule has 4 aromatic rings. The molecule has 2 N–H and O–H groups in total. The molecular weight excluding hydrogens is 584 g/mol. The third kappa shape index (κ3) is 8.59. The predicted molar refractivity (Wildman–Crippen MR) is 192 cm³/mol. The number of hydrogen-bond acceptors (Lipinski definition) is 4. The molecule has 6 heteroatoms. The summed E-state index contributed by atoms with van der Waals surface area (Å²) in [5.41, 5.74) is 6.29. The van der Waals surface area contributed by atoms with Crippen molar-refractivity contribution in [3.8, 4) is 11.5 Å². The van der Waals surface area contributed by atoms with Gasteiger partial charge in [-0.05, 0) is 111 Å². The summed E-state index contributed by atoms with van der Waals surface area (Å²) in [5.74, 6) is 0.884. The van der Waals surface area contributed by atoms with Crippen LogP contribution in [0.5, 0.6) is 11.5 Å². The number of ether oxygens (including phenoxy) is 2. The topological polar surface area (TPSA) is 76.7 Å². The normalized spacial score (nSPS) is 11.7. The Bertz CT molecular complexity index is 1650. The van der Waals surface area contributed by atoms with Gasteiger partial charge in [-0.1, -0.05) is 98.8 Å². The number of benzene rings is 4. The molecule has 47 heavy (non-hydrogen) atoms. The van der Waals surface area contributed by atoms with Gasteiger partial charge < -0.3 is 20.1 Å². The quantitative estimate of drug-likeness (QED) is 0.183. The molecule has 0 atom stereocenters. The largest absolute Gasteiger partial charge is 0.413 e. The second kappa shape index (κ2) is 13.7. The molecule has 4 rings (SSSR count). The average Bonchev–Trinajstić information content (AvgIpc) is 3.01. The van der Waals surface area contributed by atoms with Crippen molar-refractivity contribution in [3.63, 3.8) is 0 Å². The van der Waals surface area contributed by atoms with E-state index in [2.05, 4.69) is 37.6 Å². The Kier molecular flexibility index (Phi) is 10.1. The van der Waals surface area contributed by atoms with Crippen LogP contribution in [0, 0.1) is 0 Å². The maximum absolute atomic E-state index is 12.8. The third-order valence-electron chi connectivity index (χ3n) is 8.56. The number of allylic oxidation sites excluding steroid dienone is 2. The van der Waals surface area contributed by atoms with Crippen LogP contribution in [-0.4, -0.2) is 12.2 Å². The number of rotatable bonds is 10. The molecule has 0 saturated carbocycles.